The number of aromatic hydroxyl groups is 3. The second kappa shape index (κ2) is 4.01. The quantitative estimate of drug-likeness (QED) is 0.705. The summed E-state index contributed by atoms with van der Waals surface area (Å²) in [5.74, 6) is 0.179. The van der Waals surface area contributed by atoms with Gasteiger partial charge in [-0.25, -0.2) is 0 Å². The van der Waals surface area contributed by atoms with E-state index in [0.717, 1.165) is 5.56 Å². The maximum atomic E-state index is 9.87. The Morgan fingerprint density at radius 1 is 0.824 bits per heavy atom. The van der Waals surface area contributed by atoms with Crippen molar-refractivity contribution in [2.75, 3.05) is 0 Å². The summed E-state index contributed by atoms with van der Waals surface area (Å²) in [6.45, 7) is 3.56. The van der Waals surface area contributed by atoms with E-state index in [1.807, 2.05) is 0 Å². The van der Waals surface area contributed by atoms with Crippen LogP contribution < -0.4 is 0 Å². The molecule has 0 spiro atoms. The van der Waals surface area contributed by atoms with Crippen molar-refractivity contribution in [3.8, 4) is 28.4 Å². The lowest BCUT2D eigenvalue weighted by atomic mass is 9.96. The Kier molecular flexibility index (Phi) is 2.68. The zero-order chi connectivity index (χ0) is 12.6. The molecule has 0 amide bonds. The number of aryl methyl sites for hydroxylation is 1. The lowest BCUT2D eigenvalue weighted by Crippen LogP contribution is -1.88. The van der Waals surface area contributed by atoms with Crippen LogP contribution in [-0.4, -0.2) is 15.3 Å². The molecule has 3 N–H and O–H groups in total. The Hall–Kier alpha value is -2.16. The number of phenolic OH excluding ortho intramolecular Hbond substituents is 3. The monoisotopic (exact) mass is 230 g/mol. The van der Waals surface area contributed by atoms with Gasteiger partial charge in [0.05, 0.1) is 5.56 Å². The number of rotatable bonds is 1. The molecular weight excluding hydrogens is 216 g/mol. The fraction of sp³-hybridized carbons (Fsp3) is 0.143. The highest BCUT2D eigenvalue weighted by Gasteiger charge is 2.14. The topological polar surface area (TPSA) is 60.7 Å². The maximum Gasteiger partial charge on any atom is 0.127 e. The van der Waals surface area contributed by atoms with Gasteiger partial charge in [-0.1, -0.05) is 18.2 Å². The third-order valence-corrected chi connectivity index (χ3v) is 2.92. The molecule has 3 nitrogen and oxygen atoms in total. The fourth-order valence-electron chi connectivity index (χ4n) is 1.91. The van der Waals surface area contributed by atoms with Crippen LogP contribution in [0.4, 0.5) is 0 Å². The number of benzene rings is 2. The molecule has 0 saturated heterocycles. The van der Waals surface area contributed by atoms with Crippen LogP contribution in [0.5, 0.6) is 17.2 Å². The standard InChI is InChI=1S/C14H14O3/c1-8-6-7-10(9(2)14(8)17)13-11(15)4-3-5-12(13)16/h3-7,15-17H,1-2H3. The predicted molar refractivity (Wildman–Crippen MR) is 66.3 cm³/mol. The molecule has 2 aromatic rings. The summed E-state index contributed by atoms with van der Waals surface area (Å²) >= 11 is 0. The fourth-order valence-corrected chi connectivity index (χ4v) is 1.91. The molecule has 0 aliphatic carbocycles. The van der Waals surface area contributed by atoms with Gasteiger partial charge in [-0.15, -0.1) is 0 Å². The maximum absolute atomic E-state index is 9.87. The first-order chi connectivity index (χ1) is 8.02. The van der Waals surface area contributed by atoms with Crippen LogP contribution in [0.2, 0.25) is 0 Å². The molecule has 0 aromatic heterocycles. The molecule has 0 aliphatic heterocycles. The van der Waals surface area contributed by atoms with E-state index in [0.29, 0.717) is 16.7 Å². The second-order valence-corrected chi connectivity index (χ2v) is 4.07. The van der Waals surface area contributed by atoms with Crippen LogP contribution in [0, 0.1) is 13.8 Å². The molecule has 17 heavy (non-hydrogen) atoms. The Bertz CT molecular complexity index is 554. The minimum atomic E-state index is -0.00338. The second-order valence-electron chi connectivity index (χ2n) is 4.07. The first-order valence-electron chi connectivity index (χ1n) is 5.33. The number of hydrogen-bond donors (Lipinski definition) is 3. The summed E-state index contributed by atoms with van der Waals surface area (Å²) in [5, 5.41) is 29.4. The van der Waals surface area contributed by atoms with Crippen molar-refractivity contribution in [2.24, 2.45) is 0 Å². The van der Waals surface area contributed by atoms with E-state index in [1.165, 1.54) is 12.1 Å². The van der Waals surface area contributed by atoms with Crippen molar-refractivity contribution >= 4 is 0 Å². The van der Waals surface area contributed by atoms with Gasteiger partial charge in [-0.2, -0.15) is 0 Å². The van der Waals surface area contributed by atoms with Gasteiger partial charge in [-0.05, 0) is 42.7 Å². The van der Waals surface area contributed by atoms with E-state index in [2.05, 4.69) is 0 Å². The van der Waals surface area contributed by atoms with E-state index < -0.39 is 0 Å². The predicted octanol–water partition coefficient (Wildman–Crippen LogP) is 3.09. The first kappa shape index (κ1) is 11.3. The van der Waals surface area contributed by atoms with Gasteiger partial charge in [0.2, 0.25) is 0 Å². The van der Waals surface area contributed by atoms with Crippen molar-refractivity contribution < 1.29 is 15.3 Å². The van der Waals surface area contributed by atoms with Crippen LogP contribution in [0.25, 0.3) is 11.1 Å². The molecule has 0 saturated carbocycles. The molecule has 0 fully saturated rings. The highest BCUT2D eigenvalue weighted by Crippen LogP contribution is 2.41. The summed E-state index contributed by atoms with van der Waals surface area (Å²) in [4.78, 5) is 0. The molecular formula is C14H14O3. The third-order valence-electron chi connectivity index (χ3n) is 2.92. The van der Waals surface area contributed by atoms with Crippen LogP contribution in [0.15, 0.2) is 30.3 Å². The Morgan fingerprint density at radius 3 is 2.00 bits per heavy atom. The molecule has 3 heteroatoms. The zero-order valence-corrected chi connectivity index (χ0v) is 9.73. The Labute approximate surface area is 99.6 Å². The first-order valence-corrected chi connectivity index (χ1v) is 5.33. The number of hydrogen-bond acceptors (Lipinski definition) is 3. The zero-order valence-electron chi connectivity index (χ0n) is 9.73. The molecule has 0 unspecified atom stereocenters. The van der Waals surface area contributed by atoms with Crippen LogP contribution >= 0.6 is 0 Å². The molecule has 2 rings (SSSR count). The van der Waals surface area contributed by atoms with Crippen molar-refractivity contribution in [3.05, 3.63) is 41.5 Å². The van der Waals surface area contributed by atoms with E-state index in [4.69, 9.17) is 0 Å². The Morgan fingerprint density at radius 2 is 1.41 bits per heavy atom. The summed E-state index contributed by atoms with van der Waals surface area (Å²) < 4.78 is 0. The van der Waals surface area contributed by atoms with Gasteiger partial charge in [0.1, 0.15) is 17.2 Å². The Balaban J connectivity index is 2.74. The molecule has 88 valence electrons. The van der Waals surface area contributed by atoms with Crippen molar-refractivity contribution in [2.45, 2.75) is 13.8 Å². The lowest BCUT2D eigenvalue weighted by molar-refractivity contribution is 0.453. The molecule has 0 heterocycles. The molecule has 0 atom stereocenters. The minimum absolute atomic E-state index is 0.00338. The minimum Gasteiger partial charge on any atom is -0.507 e. The van der Waals surface area contributed by atoms with Crippen LogP contribution in [0.3, 0.4) is 0 Å². The van der Waals surface area contributed by atoms with Gasteiger partial charge in [0.25, 0.3) is 0 Å². The van der Waals surface area contributed by atoms with E-state index in [1.54, 1.807) is 32.0 Å². The van der Waals surface area contributed by atoms with E-state index in [-0.39, 0.29) is 17.2 Å². The van der Waals surface area contributed by atoms with E-state index in [9.17, 15) is 15.3 Å². The summed E-state index contributed by atoms with van der Waals surface area (Å²) in [5.41, 5.74) is 2.38. The molecule has 0 bridgehead atoms. The van der Waals surface area contributed by atoms with Gasteiger partial charge in [-0.3, -0.25) is 0 Å². The molecule has 2 aromatic carbocycles. The van der Waals surface area contributed by atoms with Crippen molar-refractivity contribution in [3.63, 3.8) is 0 Å². The normalized spacial score (nSPS) is 10.5. The van der Waals surface area contributed by atoms with Gasteiger partial charge >= 0.3 is 0 Å². The third kappa shape index (κ3) is 1.80. The highest BCUT2D eigenvalue weighted by molar-refractivity contribution is 5.80. The SMILES string of the molecule is Cc1ccc(-c2c(O)cccc2O)c(C)c1O. The average Bonchev–Trinajstić information content (AvgIpc) is 2.29. The van der Waals surface area contributed by atoms with Gasteiger partial charge in [0.15, 0.2) is 0 Å². The van der Waals surface area contributed by atoms with Gasteiger partial charge in [0, 0.05) is 0 Å². The van der Waals surface area contributed by atoms with Gasteiger partial charge < -0.3 is 15.3 Å². The van der Waals surface area contributed by atoms with Crippen molar-refractivity contribution in [1.82, 2.24) is 0 Å². The highest BCUT2D eigenvalue weighted by atomic mass is 16.3. The summed E-state index contributed by atoms with van der Waals surface area (Å²) in [6, 6.07) is 8.11. The summed E-state index contributed by atoms with van der Waals surface area (Å²) in [6.07, 6.45) is 0. The molecule has 0 radical (unpaired) electrons. The summed E-state index contributed by atoms with van der Waals surface area (Å²) in [7, 11) is 0. The lowest BCUT2D eigenvalue weighted by Gasteiger charge is -2.12. The average molecular weight is 230 g/mol. The largest absolute Gasteiger partial charge is 0.507 e. The smallest absolute Gasteiger partial charge is 0.127 e. The van der Waals surface area contributed by atoms with Crippen LogP contribution in [-0.2, 0) is 0 Å². The van der Waals surface area contributed by atoms with Crippen molar-refractivity contribution in [1.29, 1.82) is 0 Å². The van der Waals surface area contributed by atoms with E-state index >= 15 is 0 Å². The van der Waals surface area contributed by atoms with Crippen LogP contribution in [0.1, 0.15) is 11.1 Å². The number of phenols is 3. The molecule has 0 aliphatic rings.